The van der Waals surface area contributed by atoms with Crippen LogP contribution in [0.25, 0.3) is 10.8 Å². The van der Waals surface area contributed by atoms with Gasteiger partial charge in [-0.2, -0.15) is 4.31 Å². The Kier molecular flexibility index (Phi) is 5.02. The molecule has 1 amide bonds. The predicted octanol–water partition coefficient (Wildman–Crippen LogP) is 3.22. The molecule has 0 spiro atoms. The molecule has 2 aliphatic rings. The summed E-state index contributed by atoms with van der Waals surface area (Å²) in [6.07, 6.45) is 8.83. The third kappa shape index (κ3) is 3.51. The minimum atomic E-state index is -3.79. The van der Waals surface area contributed by atoms with E-state index >= 15 is 0 Å². The predicted molar refractivity (Wildman–Crippen MR) is 106 cm³/mol. The van der Waals surface area contributed by atoms with Crippen molar-refractivity contribution >= 4 is 26.7 Å². The number of sulfonamides is 1. The molecule has 27 heavy (non-hydrogen) atoms. The molecule has 1 fully saturated rings. The molecule has 5 nitrogen and oxygen atoms in total. The first-order valence-corrected chi connectivity index (χ1v) is 11.0. The van der Waals surface area contributed by atoms with Gasteiger partial charge in [0.25, 0.3) is 0 Å². The van der Waals surface area contributed by atoms with Gasteiger partial charge in [-0.15, -0.1) is 0 Å². The van der Waals surface area contributed by atoms with Crippen molar-refractivity contribution in [3.05, 3.63) is 54.6 Å². The minimum absolute atomic E-state index is 0.155. The van der Waals surface area contributed by atoms with Gasteiger partial charge in [-0.3, -0.25) is 4.79 Å². The van der Waals surface area contributed by atoms with Crippen LogP contribution in [0.1, 0.15) is 32.1 Å². The highest BCUT2D eigenvalue weighted by Gasteiger charge is 2.37. The van der Waals surface area contributed by atoms with Crippen LogP contribution in [-0.2, 0) is 14.8 Å². The second kappa shape index (κ2) is 7.44. The van der Waals surface area contributed by atoms with Crippen molar-refractivity contribution in [2.45, 2.75) is 49.1 Å². The van der Waals surface area contributed by atoms with Gasteiger partial charge in [-0.1, -0.05) is 67.8 Å². The van der Waals surface area contributed by atoms with Gasteiger partial charge in [-0.25, -0.2) is 8.42 Å². The third-order valence-corrected chi connectivity index (χ3v) is 7.38. The van der Waals surface area contributed by atoms with E-state index in [4.69, 9.17) is 0 Å². The maximum Gasteiger partial charge on any atom is 0.244 e. The second-order valence-corrected chi connectivity index (χ2v) is 9.13. The molecule has 0 radical (unpaired) electrons. The number of hydrogen-bond acceptors (Lipinski definition) is 3. The summed E-state index contributed by atoms with van der Waals surface area (Å²) < 4.78 is 28.0. The lowest BCUT2D eigenvalue weighted by atomic mass is 9.95. The molecule has 0 aromatic heterocycles. The van der Waals surface area contributed by atoms with Crippen LogP contribution in [0, 0.1) is 0 Å². The van der Waals surface area contributed by atoms with Crippen LogP contribution in [0.3, 0.4) is 0 Å². The van der Waals surface area contributed by atoms with Gasteiger partial charge in [0.15, 0.2) is 0 Å². The standard InChI is InChI=1S/C21H24N2O3S/c24-21(22-17-10-2-1-3-11-17)19-13-7-15-23(19)27(25,26)20-14-6-9-16-8-4-5-12-18(16)20/h4-9,12-14,17,19H,1-3,10-11,15H2,(H,22,24). The molecule has 1 atom stereocenters. The zero-order valence-corrected chi connectivity index (χ0v) is 16.0. The molecular formula is C21H24N2O3S. The Balaban J connectivity index is 1.61. The minimum Gasteiger partial charge on any atom is -0.352 e. The van der Waals surface area contributed by atoms with Crippen LogP contribution >= 0.6 is 0 Å². The number of benzene rings is 2. The number of fused-ring (bicyclic) bond motifs is 1. The molecule has 0 bridgehead atoms. The molecule has 0 saturated heterocycles. The van der Waals surface area contributed by atoms with E-state index in [1.165, 1.54) is 10.7 Å². The fourth-order valence-electron chi connectivity index (χ4n) is 4.05. The summed E-state index contributed by atoms with van der Waals surface area (Å²) in [6, 6.07) is 12.0. The van der Waals surface area contributed by atoms with Crippen LogP contribution in [0.5, 0.6) is 0 Å². The van der Waals surface area contributed by atoms with Gasteiger partial charge in [-0.05, 0) is 24.3 Å². The SMILES string of the molecule is O=C(NC1CCCCC1)C1C=CCN1S(=O)(=O)c1cccc2ccccc12. The van der Waals surface area contributed by atoms with Gasteiger partial charge in [0.1, 0.15) is 6.04 Å². The largest absolute Gasteiger partial charge is 0.352 e. The van der Waals surface area contributed by atoms with Crippen molar-refractivity contribution in [1.29, 1.82) is 0 Å². The summed E-state index contributed by atoms with van der Waals surface area (Å²) in [6.45, 7) is 0.217. The summed E-state index contributed by atoms with van der Waals surface area (Å²) in [4.78, 5) is 13.0. The molecule has 1 N–H and O–H groups in total. The Morgan fingerprint density at radius 2 is 1.74 bits per heavy atom. The van der Waals surface area contributed by atoms with Crippen LogP contribution in [0.15, 0.2) is 59.5 Å². The van der Waals surface area contributed by atoms with Gasteiger partial charge in [0, 0.05) is 18.0 Å². The molecule has 1 unspecified atom stereocenters. The number of rotatable bonds is 4. The van der Waals surface area contributed by atoms with E-state index in [1.807, 2.05) is 30.3 Å². The van der Waals surface area contributed by atoms with E-state index in [1.54, 1.807) is 24.3 Å². The molecule has 142 valence electrons. The number of nitrogens with zero attached hydrogens (tertiary/aromatic N) is 1. The molecular weight excluding hydrogens is 360 g/mol. The highest BCUT2D eigenvalue weighted by molar-refractivity contribution is 7.89. The van der Waals surface area contributed by atoms with E-state index in [2.05, 4.69) is 5.32 Å². The van der Waals surface area contributed by atoms with E-state index < -0.39 is 16.1 Å². The van der Waals surface area contributed by atoms with Crippen LogP contribution in [0.4, 0.5) is 0 Å². The van der Waals surface area contributed by atoms with Crippen molar-refractivity contribution in [3.63, 3.8) is 0 Å². The number of carbonyl (C=O) groups excluding carboxylic acids is 1. The van der Waals surface area contributed by atoms with Gasteiger partial charge >= 0.3 is 0 Å². The zero-order valence-electron chi connectivity index (χ0n) is 15.2. The summed E-state index contributed by atoms with van der Waals surface area (Å²) in [5.74, 6) is -0.223. The Morgan fingerprint density at radius 1 is 1.00 bits per heavy atom. The fraction of sp³-hybridized carbons (Fsp3) is 0.381. The Labute approximate surface area is 160 Å². The molecule has 1 aliphatic carbocycles. The number of amides is 1. The highest BCUT2D eigenvalue weighted by Crippen LogP contribution is 2.29. The maximum absolute atomic E-state index is 13.4. The maximum atomic E-state index is 13.4. The smallest absolute Gasteiger partial charge is 0.244 e. The summed E-state index contributed by atoms with van der Waals surface area (Å²) >= 11 is 0. The van der Waals surface area contributed by atoms with Crippen molar-refractivity contribution in [2.24, 2.45) is 0 Å². The average Bonchev–Trinajstić information content (AvgIpc) is 3.19. The van der Waals surface area contributed by atoms with E-state index in [0.717, 1.165) is 31.1 Å². The van der Waals surface area contributed by atoms with E-state index in [0.29, 0.717) is 5.39 Å². The van der Waals surface area contributed by atoms with Crippen LogP contribution < -0.4 is 5.32 Å². The number of carbonyl (C=O) groups is 1. The summed E-state index contributed by atoms with van der Waals surface area (Å²) in [5, 5.41) is 4.60. The number of nitrogens with one attached hydrogen (secondary N) is 1. The lowest BCUT2D eigenvalue weighted by Gasteiger charge is -2.28. The lowest BCUT2D eigenvalue weighted by molar-refractivity contribution is -0.124. The first kappa shape index (κ1) is 18.2. The fourth-order valence-corrected chi connectivity index (χ4v) is 5.76. The monoisotopic (exact) mass is 384 g/mol. The Morgan fingerprint density at radius 3 is 2.56 bits per heavy atom. The van der Waals surface area contributed by atoms with Crippen LogP contribution in [-0.4, -0.2) is 37.3 Å². The summed E-state index contributed by atoms with van der Waals surface area (Å²) in [7, 11) is -3.79. The zero-order chi connectivity index (χ0) is 18.9. The van der Waals surface area contributed by atoms with E-state index in [-0.39, 0.29) is 23.4 Å². The lowest BCUT2D eigenvalue weighted by Crippen LogP contribution is -2.49. The first-order valence-electron chi connectivity index (χ1n) is 9.54. The van der Waals surface area contributed by atoms with Crippen molar-refractivity contribution in [3.8, 4) is 0 Å². The molecule has 1 aliphatic heterocycles. The Bertz CT molecular complexity index is 973. The molecule has 1 saturated carbocycles. The normalized spacial score (nSPS) is 21.6. The third-order valence-electron chi connectivity index (χ3n) is 5.47. The van der Waals surface area contributed by atoms with Crippen molar-refractivity contribution < 1.29 is 13.2 Å². The summed E-state index contributed by atoms with van der Waals surface area (Å²) in [5.41, 5.74) is 0. The molecule has 2 aromatic carbocycles. The second-order valence-electron chi connectivity index (χ2n) is 7.27. The molecule has 6 heteroatoms. The molecule has 4 rings (SSSR count). The average molecular weight is 385 g/mol. The quantitative estimate of drug-likeness (QED) is 0.823. The number of hydrogen-bond donors (Lipinski definition) is 1. The molecule has 2 aromatic rings. The topological polar surface area (TPSA) is 66.5 Å². The van der Waals surface area contributed by atoms with E-state index in [9.17, 15) is 13.2 Å². The van der Waals surface area contributed by atoms with Gasteiger partial charge in [0.2, 0.25) is 15.9 Å². The van der Waals surface area contributed by atoms with Gasteiger partial charge in [0.05, 0.1) is 4.90 Å². The molecule has 1 heterocycles. The van der Waals surface area contributed by atoms with Crippen molar-refractivity contribution in [2.75, 3.05) is 6.54 Å². The highest BCUT2D eigenvalue weighted by atomic mass is 32.2. The van der Waals surface area contributed by atoms with Gasteiger partial charge < -0.3 is 5.32 Å². The van der Waals surface area contributed by atoms with Crippen molar-refractivity contribution in [1.82, 2.24) is 9.62 Å². The first-order chi connectivity index (χ1) is 13.1. The Hall–Kier alpha value is -2.18. The van der Waals surface area contributed by atoms with Crippen LogP contribution in [0.2, 0.25) is 0 Å².